The maximum Gasteiger partial charge on any atom is 0.295 e. The highest BCUT2D eigenvalue weighted by atomic mass is 28.3. The van der Waals surface area contributed by atoms with Gasteiger partial charge in [0.15, 0.2) is 0 Å². The third-order valence-corrected chi connectivity index (χ3v) is 11.0. The van der Waals surface area contributed by atoms with Crippen molar-refractivity contribution < 1.29 is 0 Å². The highest BCUT2D eigenvalue weighted by molar-refractivity contribution is 7.31. The van der Waals surface area contributed by atoms with Crippen molar-refractivity contribution in [3.05, 3.63) is 0 Å². The first-order valence-electron chi connectivity index (χ1n) is 8.08. The lowest BCUT2D eigenvalue weighted by Crippen LogP contribution is -2.68. The maximum absolute atomic E-state index is 2.72. The first-order valence-corrected chi connectivity index (χ1v) is 10.8. The Hall–Kier alpha value is 0.202. The Bertz CT molecular complexity index is 182. The van der Waals surface area contributed by atoms with Crippen LogP contribution in [0.15, 0.2) is 0 Å². The van der Waals surface area contributed by atoms with Gasteiger partial charge >= 0.3 is 0 Å². The quantitative estimate of drug-likeness (QED) is 0.558. The first-order chi connectivity index (χ1) is 8.60. The second-order valence-corrected chi connectivity index (χ2v) is 10.6. The van der Waals surface area contributed by atoms with E-state index in [0.29, 0.717) is 0 Å². The van der Waals surface area contributed by atoms with E-state index in [2.05, 4.69) is 58.1 Å². The molecule has 0 radical (unpaired) electrons. The van der Waals surface area contributed by atoms with E-state index in [0.717, 1.165) is 6.57 Å². The van der Waals surface area contributed by atoms with Crippen LogP contribution in [0.1, 0.15) is 48.5 Å². The fourth-order valence-electron chi connectivity index (χ4n) is 3.44. The van der Waals surface area contributed by atoms with Crippen LogP contribution in [0.25, 0.3) is 0 Å². The van der Waals surface area contributed by atoms with Gasteiger partial charge in [0, 0.05) is 0 Å². The van der Waals surface area contributed by atoms with Gasteiger partial charge in [0.2, 0.25) is 0 Å². The lowest BCUT2D eigenvalue weighted by molar-refractivity contribution is 0.390. The first kappa shape index (κ1) is 18.2. The van der Waals surface area contributed by atoms with Gasteiger partial charge in [-0.25, -0.2) is 0 Å². The fourth-order valence-corrected chi connectivity index (χ4v) is 8.32. The topological polar surface area (TPSA) is 6.48 Å². The van der Waals surface area contributed by atoms with Crippen molar-refractivity contribution in [2.45, 2.75) is 66.6 Å². The molecule has 0 aliphatic rings. The zero-order valence-corrected chi connectivity index (χ0v) is 14.9. The van der Waals surface area contributed by atoms with Crippen molar-refractivity contribution in [1.82, 2.24) is 9.62 Å². The van der Waals surface area contributed by atoms with Crippen LogP contribution in [0.3, 0.4) is 0 Å². The highest BCUT2D eigenvalue weighted by Crippen LogP contribution is 2.27. The molecule has 0 unspecified atom stereocenters. The number of hydrogen-bond acceptors (Lipinski definition) is 2. The Morgan fingerprint density at radius 3 is 1.06 bits per heavy atom. The molecular weight excluding hydrogens is 235 g/mol. The van der Waals surface area contributed by atoms with Crippen LogP contribution in [0, 0.1) is 0 Å². The van der Waals surface area contributed by atoms with Crippen LogP contribution in [0.4, 0.5) is 0 Å². The monoisotopic (exact) mass is 270 g/mol. The summed E-state index contributed by atoms with van der Waals surface area (Å²) in [5.74, 6) is 0. The summed E-state index contributed by atoms with van der Waals surface area (Å²) < 4.78 is 0. The Morgan fingerprint density at radius 1 is 0.611 bits per heavy atom. The third-order valence-electron chi connectivity index (χ3n) is 4.98. The van der Waals surface area contributed by atoms with E-state index < -0.39 is 7.94 Å². The molecule has 0 aromatic carbocycles. The van der Waals surface area contributed by atoms with E-state index in [1.807, 2.05) is 0 Å². The van der Waals surface area contributed by atoms with E-state index in [-0.39, 0.29) is 0 Å². The third kappa shape index (κ3) is 3.85. The highest BCUT2D eigenvalue weighted by Gasteiger charge is 2.45. The van der Waals surface area contributed by atoms with Crippen molar-refractivity contribution >= 4 is 14.5 Å². The van der Waals surface area contributed by atoms with E-state index in [4.69, 9.17) is 0 Å². The molecule has 0 aliphatic carbocycles. The molecule has 0 saturated heterocycles. The average molecular weight is 270 g/mol. The molecule has 0 aromatic rings. The second kappa shape index (κ2) is 9.16. The number of nitrogens with zero attached hydrogens (tertiary/aromatic N) is 2. The minimum Gasteiger partial charge on any atom is -0.331 e. The molecule has 0 aliphatic heterocycles. The summed E-state index contributed by atoms with van der Waals surface area (Å²) in [5, 5.41) is 0. The molecule has 0 fully saturated rings. The van der Waals surface area contributed by atoms with Gasteiger partial charge in [-0.05, 0) is 26.2 Å². The maximum atomic E-state index is 2.72. The Morgan fingerprint density at radius 2 is 0.889 bits per heavy atom. The van der Waals surface area contributed by atoms with E-state index in [1.165, 1.54) is 44.3 Å². The molecule has 0 rings (SSSR count). The van der Waals surface area contributed by atoms with Crippen LogP contribution < -0.4 is 0 Å². The van der Waals surface area contributed by atoms with Crippen molar-refractivity contribution in [1.29, 1.82) is 0 Å². The van der Waals surface area contributed by atoms with Gasteiger partial charge in [-0.15, -0.1) is 0 Å². The van der Waals surface area contributed by atoms with E-state index >= 15 is 0 Å². The van der Waals surface area contributed by atoms with Crippen LogP contribution >= 0.6 is 0 Å². The summed E-state index contributed by atoms with van der Waals surface area (Å²) in [4.78, 5) is 5.44. The lowest BCUT2D eigenvalue weighted by Gasteiger charge is -2.46. The van der Waals surface area contributed by atoms with Gasteiger partial charge < -0.3 is 9.62 Å². The van der Waals surface area contributed by atoms with Gasteiger partial charge in [0.05, 0.1) is 7.94 Å². The Labute approximate surface area is 117 Å². The molecule has 0 saturated carbocycles. The summed E-state index contributed by atoms with van der Waals surface area (Å²) in [7, 11) is -1.21. The molecule has 0 bridgehead atoms. The summed E-state index contributed by atoms with van der Waals surface area (Å²) in [6, 6.07) is 4.24. The minimum absolute atomic E-state index is 0.738. The minimum atomic E-state index is -1.21. The zero-order valence-electron chi connectivity index (χ0n) is 13.9. The molecule has 0 heterocycles. The molecule has 0 aromatic heterocycles. The van der Waals surface area contributed by atoms with Crippen molar-refractivity contribution in [3.63, 3.8) is 0 Å². The van der Waals surface area contributed by atoms with E-state index in [1.54, 1.807) is 0 Å². The predicted octanol–water partition coefficient (Wildman–Crippen LogP) is 3.75. The van der Waals surface area contributed by atoms with Crippen molar-refractivity contribution in [2.24, 2.45) is 0 Å². The van der Waals surface area contributed by atoms with E-state index in [9.17, 15) is 0 Å². The standard InChI is InChI=1S/C14H35BN2Si/c1-8-16(9-2)15(17(10-3)11-4)18(12-5,13-6)14-7/h8-14H2,1-7H3. The van der Waals surface area contributed by atoms with Gasteiger partial charge in [-0.2, -0.15) is 0 Å². The average Bonchev–Trinajstić information content (AvgIpc) is 2.43. The van der Waals surface area contributed by atoms with Gasteiger partial charge in [-0.1, -0.05) is 66.6 Å². The SMILES string of the molecule is CCN(CC)B(N(CC)CC)[Si](CC)(CC)CC. The molecule has 0 N–H and O–H groups in total. The summed E-state index contributed by atoms with van der Waals surface area (Å²) in [6.45, 7) is 22.1. The molecule has 18 heavy (non-hydrogen) atoms. The van der Waals surface area contributed by atoms with Gasteiger partial charge in [0.1, 0.15) is 0 Å². The zero-order chi connectivity index (χ0) is 14.2. The summed E-state index contributed by atoms with van der Waals surface area (Å²) in [5.41, 5.74) is 0. The number of rotatable bonds is 10. The molecular formula is C14H35BN2Si. The van der Waals surface area contributed by atoms with Crippen LogP contribution in [-0.4, -0.2) is 50.3 Å². The Balaban J connectivity index is 5.39. The molecule has 0 atom stereocenters. The second-order valence-electron chi connectivity index (χ2n) is 5.24. The van der Waals surface area contributed by atoms with Crippen molar-refractivity contribution in [3.8, 4) is 0 Å². The molecule has 4 heteroatoms. The molecule has 2 nitrogen and oxygen atoms in total. The summed E-state index contributed by atoms with van der Waals surface area (Å²) >= 11 is 0. The van der Waals surface area contributed by atoms with Gasteiger partial charge in [-0.3, -0.25) is 0 Å². The molecule has 108 valence electrons. The summed E-state index contributed by atoms with van der Waals surface area (Å²) in [6.07, 6.45) is 0. The Kier molecular flexibility index (Phi) is 9.26. The molecule has 0 amide bonds. The molecule has 0 spiro atoms. The number of hydrogen-bond donors (Lipinski definition) is 0. The van der Waals surface area contributed by atoms with Crippen LogP contribution in [-0.2, 0) is 0 Å². The van der Waals surface area contributed by atoms with Crippen LogP contribution in [0.5, 0.6) is 0 Å². The van der Waals surface area contributed by atoms with Crippen LogP contribution in [0.2, 0.25) is 18.1 Å². The van der Waals surface area contributed by atoms with Gasteiger partial charge in [0.25, 0.3) is 6.57 Å². The predicted molar refractivity (Wildman–Crippen MR) is 88.8 cm³/mol. The fraction of sp³-hybridized carbons (Fsp3) is 1.00. The lowest BCUT2D eigenvalue weighted by atomic mass is 10.0. The largest absolute Gasteiger partial charge is 0.331 e. The van der Waals surface area contributed by atoms with Crippen molar-refractivity contribution in [2.75, 3.05) is 26.2 Å². The normalized spacial score (nSPS) is 12.5. The smallest absolute Gasteiger partial charge is 0.295 e.